The third-order valence-electron chi connectivity index (χ3n) is 5.47. The standard InChI is InChI=1S/C19H24ClN3O3/c1-25-15-6-9-22(10-7-15)18(24)13-3-2-8-23(12-13)19-21-16-11-14(20)4-5-17(16)26-19/h4-5,11,13,15H,2-3,6-10,12H2,1H3. The molecule has 1 atom stereocenters. The summed E-state index contributed by atoms with van der Waals surface area (Å²) in [5.41, 5.74) is 1.47. The fourth-order valence-corrected chi connectivity index (χ4v) is 4.11. The van der Waals surface area contributed by atoms with Gasteiger partial charge >= 0.3 is 0 Å². The highest BCUT2D eigenvalue weighted by molar-refractivity contribution is 6.31. The van der Waals surface area contributed by atoms with Crippen LogP contribution in [0.4, 0.5) is 6.01 Å². The number of ether oxygens (including phenoxy) is 1. The summed E-state index contributed by atoms with van der Waals surface area (Å²) in [5.74, 6) is 0.254. The number of amides is 1. The Bertz CT molecular complexity index is 785. The number of carbonyl (C=O) groups is 1. The van der Waals surface area contributed by atoms with Gasteiger partial charge in [0.1, 0.15) is 5.52 Å². The van der Waals surface area contributed by atoms with Crippen LogP contribution in [0.5, 0.6) is 0 Å². The topological polar surface area (TPSA) is 58.8 Å². The molecule has 0 radical (unpaired) electrons. The van der Waals surface area contributed by atoms with Crippen molar-refractivity contribution in [3.05, 3.63) is 23.2 Å². The number of methoxy groups -OCH3 is 1. The molecule has 2 aliphatic heterocycles. The Morgan fingerprint density at radius 3 is 2.85 bits per heavy atom. The van der Waals surface area contributed by atoms with Crippen molar-refractivity contribution in [1.29, 1.82) is 0 Å². The van der Waals surface area contributed by atoms with Gasteiger partial charge in [0.05, 0.1) is 12.0 Å². The molecule has 6 nitrogen and oxygen atoms in total. The zero-order chi connectivity index (χ0) is 18.1. The van der Waals surface area contributed by atoms with Crippen LogP contribution >= 0.6 is 11.6 Å². The molecule has 0 bridgehead atoms. The van der Waals surface area contributed by atoms with Gasteiger partial charge in [-0.3, -0.25) is 4.79 Å². The summed E-state index contributed by atoms with van der Waals surface area (Å²) < 4.78 is 11.3. The van der Waals surface area contributed by atoms with E-state index in [1.54, 1.807) is 19.2 Å². The molecule has 26 heavy (non-hydrogen) atoms. The van der Waals surface area contributed by atoms with Crippen molar-refractivity contribution in [3.8, 4) is 0 Å². The largest absolute Gasteiger partial charge is 0.423 e. The summed E-state index contributed by atoms with van der Waals surface area (Å²) in [7, 11) is 1.74. The number of likely N-dealkylation sites (tertiary alicyclic amines) is 1. The average Bonchev–Trinajstić information content (AvgIpc) is 3.11. The van der Waals surface area contributed by atoms with Crippen molar-refractivity contribution in [2.24, 2.45) is 5.92 Å². The van der Waals surface area contributed by atoms with Gasteiger partial charge in [-0.2, -0.15) is 4.98 Å². The summed E-state index contributed by atoms with van der Waals surface area (Å²) in [4.78, 5) is 21.6. The van der Waals surface area contributed by atoms with Crippen LogP contribution in [0.2, 0.25) is 5.02 Å². The lowest BCUT2D eigenvalue weighted by Gasteiger charge is -2.37. The van der Waals surface area contributed by atoms with Gasteiger partial charge < -0.3 is 19.0 Å². The van der Waals surface area contributed by atoms with Crippen LogP contribution in [-0.2, 0) is 9.53 Å². The van der Waals surface area contributed by atoms with E-state index in [2.05, 4.69) is 9.88 Å². The molecule has 7 heteroatoms. The molecule has 4 rings (SSSR count). The molecule has 2 aromatic rings. The van der Waals surface area contributed by atoms with Crippen LogP contribution in [0.15, 0.2) is 22.6 Å². The molecule has 1 aromatic heterocycles. The first-order valence-electron chi connectivity index (χ1n) is 9.26. The molecule has 1 unspecified atom stereocenters. The van der Waals surface area contributed by atoms with Gasteiger partial charge in [0.25, 0.3) is 6.01 Å². The van der Waals surface area contributed by atoms with Gasteiger partial charge in [0, 0.05) is 38.3 Å². The van der Waals surface area contributed by atoms with Crippen LogP contribution in [0, 0.1) is 5.92 Å². The minimum absolute atomic E-state index is 0.00134. The van der Waals surface area contributed by atoms with E-state index in [0.717, 1.165) is 56.4 Å². The van der Waals surface area contributed by atoms with Crippen LogP contribution in [0.1, 0.15) is 25.7 Å². The maximum atomic E-state index is 12.9. The number of carbonyl (C=O) groups excluding carboxylic acids is 1. The third-order valence-corrected chi connectivity index (χ3v) is 5.70. The summed E-state index contributed by atoms with van der Waals surface area (Å²) in [6, 6.07) is 6.01. The molecule has 0 aliphatic carbocycles. The van der Waals surface area contributed by atoms with Gasteiger partial charge in [-0.05, 0) is 43.9 Å². The highest BCUT2D eigenvalue weighted by Gasteiger charge is 2.32. The first-order valence-corrected chi connectivity index (χ1v) is 9.64. The molecule has 0 saturated carbocycles. The number of piperidine rings is 2. The lowest BCUT2D eigenvalue weighted by Crippen LogP contribution is -2.48. The molecule has 1 aromatic carbocycles. The first kappa shape index (κ1) is 17.6. The molecule has 0 N–H and O–H groups in total. The van der Waals surface area contributed by atoms with Gasteiger partial charge in [0.15, 0.2) is 5.58 Å². The van der Waals surface area contributed by atoms with Gasteiger partial charge in [0.2, 0.25) is 5.91 Å². The zero-order valence-electron chi connectivity index (χ0n) is 15.0. The molecular weight excluding hydrogens is 354 g/mol. The summed E-state index contributed by atoms with van der Waals surface area (Å²) in [6.45, 7) is 3.09. The summed E-state index contributed by atoms with van der Waals surface area (Å²) >= 11 is 6.03. The van der Waals surface area contributed by atoms with Gasteiger partial charge in [-0.1, -0.05) is 11.6 Å². The first-order chi connectivity index (χ1) is 12.6. The van der Waals surface area contributed by atoms with Crippen LogP contribution in [0.25, 0.3) is 11.1 Å². The van der Waals surface area contributed by atoms with Crippen LogP contribution < -0.4 is 4.90 Å². The lowest BCUT2D eigenvalue weighted by molar-refractivity contribution is -0.138. The summed E-state index contributed by atoms with van der Waals surface area (Å²) in [5, 5.41) is 0.642. The van der Waals surface area contributed by atoms with Crippen molar-refractivity contribution in [2.75, 3.05) is 38.2 Å². The molecule has 0 spiro atoms. The SMILES string of the molecule is COC1CCN(C(=O)C2CCCN(c3nc4cc(Cl)ccc4o3)C2)CC1. The predicted octanol–water partition coefficient (Wildman–Crippen LogP) is 3.34. The Labute approximate surface area is 158 Å². The smallest absolute Gasteiger partial charge is 0.298 e. The monoisotopic (exact) mass is 377 g/mol. The number of halogens is 1. The number of hydrogen-bond donors (Lipinski definition) is 0. The number of aromatic nitrogens is 1. The third kappa shape index (κ3) is 3.53. The van der Waals surface area contributed by atoms with Crippen molar-refractivity contribution < 1.29 is 13.9 Å². The second kappa shape index (κ2) is 7.45. The Balaban J connectivity index is 1.44. The Kier molecular flexibility index (Phi) is 5.05. The van der Waals surface area contributed by atoms with Crippen LogP contribution in [0.3, 0.4) is 0 Å². The molecule has 1 amide bonds. The molecule has 3 heterocycles. The van der Waals surface area contributed by atoms with Gasteiger partial charge in [-0.25, -0.2) is 0 Å². The minimum atomic E-state index is 0.00134. The fourth-order valence-electron chi connectivity index (χ4n) is 3.95. The van der Waals surface area contributed by atoms with E-state index in [-0.39, 0.29) is 17.9 Å². The second-order valence-corrected chi connectivity index (χ2v) is 7.59. The van der Waals surface area contributed by atoms with Crippen LogP contribution in [-0.4, -0.2) is 55.2 Å². The number of anilines is 1. The van der Waals surface area contributed by atoms with E-state index in [0.29, 0.717) is 17.6 Å². The van der Waals surface area contributed by atoms with E-state index >= 15 is 0 Å². The van der Waals surface area contributed by atoms with E-state index in [4.69, 9.17) is 20.8 Å². The highest BCUT2D eigenvalue weighted by Crippen LogP contribution is 2.29. The number of rotatable bonds is 3. The fraction of sp³-hybridized carbons (Fsp3) is 0.579. The van der Waals surface area contributed by atoms with E-state index in [1.165, 1.54) is 0 Å². The maximum absolute atomic E-state index is 12.9. The number of benzene rings is 1. The van der Waals surface area contributed by atoms with Crippen molar-refractivity contribution in [3.63, 3.8) is 0 Å². The van der Waals surface area contributed by atoms with Crippen molar-refractivity contribution in [1.82, 2.24) is 9.88 Å². The molecule has 2 fully saturated rings. The Morgan fingerprint density at radius 1 is 1.27 bits per heavy atom. The summed E-state index contributed by atoms with van der Waals surface area (Å²) in [6.07, 6.45) is 4.01. The lowest BCUT2D eigenvalue weighted by atomic mass is 9.95. The second-order valence-electron chi connectivity index (χ2n) is 7.15. The number of hydrogen-bond acceptors (Lipinski definition) is 5. The predicted molar refractivity (Wildman–Crippen MR) is 101 cm³/mol. The molecule has 2 aliphatic rings. The number of nitrogens with zero attached hydrogens (tertiary/aromatic N) is 3. The number of fused-ring (bicyclic) bond motifs is 1. The molecule has 2 saturated heterocycles. The molecular formula is C19H24ClN3O3. The van der Waals surface area contributed by atoms with E-state index in [9.17, 15) is 4.79 Å². The average molecular weight is 378 g/mol. The van der Waals surface area contributed by atoms with Crippen molar-refractivity contribution >= 4 is 34.6 Å². The van der Waals surface area contributed by atoms with E-state index < -0.39 is 0 Å². The highest BCUT2D eigenvalue weighted by atomic mass is 35.5. The Morgan fingerprint density at radius 2 is 2.08 bits per heavy atom. The zero-order valence-corrected chi connectivity index (χ0v) is 15.7. The van der Waals surface area contributed by atoms with Gasteiger partial charge in [-0.15, -0.1) is 0 Å². The maximum Gasteiger partial charge on any atom is 0.298 e. The van der Waals surface area contributed by atoms with Crippen molar-refractivity contribution in [2.45, 2.75) is 31.8 Å². The van der Waals surface area contributed by atoms with E-state index in [1.807, 2.05) is 11.0 Å². The number of oxazole rings is 1. The normalized spacial score (nSPS) is 22.2. The Hall–Kier alpha value is -1.79. The quantitative estimate of drug-likeness (QED) is 0.821. The minimum Gasteiger partial charge on any atom is -0.423 e. The molecule has 140 valence electrons.